The Morgan fingerprint density at radius 1 is 1.50 bits per heavy atom. The molecule has 1 aromatic rings. The summed E-state index contributed by atoms with van der Waals surface area (Å²) in [5.41, 5.74) is 9.45. The van der Waals surface area contributed by atoms with Gasteiger partial charge in [0.05, 0.1) is 5.69 Å². The van der Waals surface area contributed by atoms with Crippen molar-refractivity contribution in [2.75, 3.05) is 19.5 Å². The molecule has 0 saturated heterocycles. The maximum Gasteiger partial charge on any atom is 0.253 e. The number of hydrazone groups is 1. The summed E-state index contributed by atoms with van der Waals surface area (Å²) in [6, 6.07) is 6.85. The maximum absolute atomic E-state index is 12.0. The number of hydrogen-bond acceptors (Lipinski definition) is 5. The molecule has 1 amide bonds. The van der Waals surface area contributed by atoms with E-state index in [4.69, 9.17) is 16.4 Å². The summed E-state index contributed by atoms with van der Waals surface area (Å²) in [6.07, 6.45) is 0. The molecule has 1 rings (SSSR count). The first-order chi connectivity index (χ1) is 9.38. The minimum atomic E-state index is -0.418. The van der Waals surface area contributed by atoms with Crippen molar-refractivity contribution in [3.05, 3.63) is 29.3 Å². The second kappa shape index (κ2) is 6.33. The molecule has 0 radical (unpaired) electrons. The highest BCUT2D eigenvalue weighted by Gasteiger charge is 2.13. The second-order valence-corrected chi connectivity index (χ2v) is 4.28. The van der Waals surface area contributed by atoms with Crippen molar-refractivity contribution >= 4 is 23.1 Å². The predicted molar refractivity (Wildman–Crippen MR) is 77.8 cm³/mol. The lowest BCUT2D eigenvalue weighted by Gasteiger charge is -2.14. The zero-order valence-corrected chi connectivity index (χ0v) is 11.6. The summed E-state index contributed by atoms with van der Waals surface area (Å²) < 4.78 is 0. The van der Waals surface area contributed by atoms with Gasteiger partial charge in [-0.3, -0.25) is 15.6 Å². The Kier molecular flexibility index (Phi) is 4.81. The van der Waals surface area contributed by atoms with Gasteiger partial charge in [-0.15, -0.1) is 0 Å². The number of rotatable bonds is 4. The van der Waals surface area contributed by atoms with Crippen molar-refractivity contribution in [1.29, 1.82) is 10.7 Å². The van der Waals surface area contributed by atoms with E-state index in [1.165, 1.54) is 4.90 Å². The van der Waals surface area contributed by atoms with Crippen molar-refractivity contribution in [2.45, 2.75) is 6.92 Å². The molecule has 0 spiro atoms. The van der Waals surface area contributed by atoms with Crippen LogP contribution in [0.15, 0.2) is 23.3 Å². The summed E-state index contributed by atoms with van der Waals surface area (Å²) in [7, 11) is 3.34. The number of amides is 1. The Labute approximate surface area is 117 Å². The molecular weight excluding hydrogens is 256 g/mol. The van der Waals surface area contributed by atoms with E-state index in [0.717, 1.165) is 0 Å². The number of hydrogen-bond donors (Lipinski definition) is 3. The minimum Gasteiger partial charge on any atom is -0.382 e. The van der Waals surface area contributed by atoms with Gasteiger partial charge in [-0.05, 0) is 24.6 Å². The van der Waals surface area contributed by atoms with Gasteiger partial charge in [0, 0.05) is 19.7 Å². The van der Waals surface area contributed by atoms with Crippen LogP contribution in [-0.4, -0.2) is 36.4 Å². The fraction of sp³-hybridized carbons (Fsp3) is 0.231. The average molecular weight is 272 g/mol. The van der Waals surface area contributed by atoms with Gasteiger partial charge in [-0.1, -0.05) is 6.07 Å². The van der Waals surface area contributed by atoms with Crippen molar-refractivity contribution < 1.29 is 4.79 Å². The molecular formula is C13H16N6O. The molecule has 0 atom stereocenters. The number of nitrogens with two attached hydrogens (primary N) is 1. The van der Waals surface area contributed by atoms with Crippen LogP contribution in [0, 0.1) is 23.7 Å². The number of amidine groups is 1. The molecule has 0 aliphatic rings. The van der Waals surface area contributed by atoms with E-state index < -0.39 is 5.84 Å². The van der Waals surface area contributed by atoms with Crippen LogP contribution in [0.2, 0.25) is 0 Å². The number of nitrogens with one attached hydrogen (secondary N) is 2. The van der Waals surface area contributed by atoms with Crippen molar-refractivity contribution in [3.8, 4) is 6.07 Å². The molecule has 0 saturated carbocycles. The van der Waals surface area contributed by atoms with Gasteiger partial charge in [0.15, 0.2) is 5.84 Å². The Morgan fingerprint density at radius 2 is 2.15 bits per heavy atom. The zero-order valence-electron chi connectivity index (χ0n) is 11.6. The average Bonchev–Trinajstić information content (AvgIpc) is 2.40. The summed E-state index contributed by atoms with van der Waals surface area (Å²) in [4.78, 5) is 13.5. The van der Waals surface area contributed by atoms with Crippen LogP contribution in [-0.2, 0) is 0 Å². The molecule has 0 heterocycles. The third kappa shape index (κ3) is 3.32. The van der Waals surface area contributed by atoms with Gasteiger partial charge in [-0.25, -0.2) is 0 Å². The zero-order chi connectivity index (χ0) is 15.3. The molecule has 0 aliphatic carbocycles. The standard InChI is InChI=1S/C13H16N6O/c1-8-9(13(20)19(2)3)5-4-6-10(8)17-18-11(7-14)12(15)16/h4-6,17H,1-3H3,(H3,15,16)/b18-11+. The van der Waals surface area contributed by atoms with Crippen molar-refractivity contribution in [1.82, 2.24) is 4.90 Å². The fourth-order valence-electron chi connectivity index (χ4n) is 1.49. The SMILES string of the molecule is Cc1c(N/N=C(\C#N)C(=N)N)cccc1C(=O)N(C)C. The number of benzene rings is 1. The van der Waals surface area contributed by atoms with Crippen LogP contribution < -0.4 is 11.2 Å². The highest BCUT2D eigenvalue weighted by molar-refractivity contribution is 6.45. The van der Waals surface area contributed by atoms with Gasteiger partial charge in [0.1, 0.15) is 6.07 Å². The molecule has 1 aromatic carbocycles. The highest BCUT2D eigenvalue weighted by Crippen LogP contribution is 2.19. The van der Waals surface area contributed by atoms with Gasteiger partial charge < -0.3 is 10.6 Å². The van der Waals surface area contributed by atoms with E-state index in [2.05, 4.69) is 10.5 Å². The van der Waals surface area contributed by atoms with E-state index in [1.54, 1.807) is 45.3 Å². The van der Waals surface area contributed by atoms with Gasteiger partial charge >= 0.3 is 0 Å². The van der Waals surface area contributed by atoms with Crippen LogP contribution >= 0.6 is 0 Å². The first-order valence-electron chi connectivity index (χ1n) is 5.78. The van der Waals surface area contributed by atoms with E-state index in [1.807, 2.05) is 0 Å². The number of nitriles is 1. The summed E-state index contributed by atoms with van der Waals surface area (Å²) in [5, 5.41) is 19.7. The summed E-state index contributed by atoms with van der Waals surface area (Å²) in [6.45, 7) is 1.77. The molecule has 0 bridgehead atoms. The summed E-state index contributed by atoms with van der Waals surface area (Å²) >= 11 is 0. The molecule has 0 aliphatic heterocycles. The summed E-state index contributed by atoms with van der Waals surface area (Å²) in [5.74, 6) is -0.541. The first-order valence-corrected chi connectivity index (χ1v) is 5.78. The van der Waals surface area contributed by atoms with Crippen molar-refractivity contribution in [2.24, 2.45) is 10.8 Å². The Balaban J connectivity index is 3.11. The van der Waals surface area contributed by atoms with Crippen LogP contribution in [0.3, 0.4) is 0 Å². The van der Waals surface area contributed by atoms with Crippen LogP contribution in [0.25, 0.3) is 0 Å². The van der Waals surface area contributed by atoms with E-state index in [-0.39, 0.29) is 11.6 Å². The maximum atomic E-state index is 12.0. The minimum absolute atomic E-state index is 0.123. The van der Waals surface area contributed by atoms with Crippen molar-refractivity contribution in [3.63, 3.8) is 0 Å². The Morgan fingerprint density at radius 3 is 2.65 bits per heavy atom. The van der Waals surface area contributed by atoms with Crippen LogP contribution in [0.5, 0.6) is 0 Å². The van der Waals surface area contributed by atoms with Crippen LogP contribution in [0.1, 0.15) is 15.9 Å². The van der Waals surface area contributed by atoms with Gasteiger partial charge in [0.2, 0.25) is 5.71 Å². The van der Waals surface area contributed by atoms with Gasteiger partial charge in [-0.2, -0.15) is 10.4 Å². The normalized spacial score (nSPS) is 10.6. The first kappa shape index (κ1) is 15.2. The molecule has 104 valence electrons. The largest absolute Gasteiger partial charge is 0.382 e. The smallest absolute Gasteiger partial charge is 0.253 e. The molecule has 7 nitrogen and oxygen atoms in total. The number of carbonyl (C=O) groups excluding carboxylic acids is 1. The molecule has 0 unspecified atom stereocenters. The molecule has 0 fully saturated rings. The topological polar surface area (TPSA) is 118 Å². The van der Waals surface area contributed by atoms with Crippen LogP contribution in [0.4, 0.5) is 5.69 Å². The quantitative estimate of drug-likeness (QED) is 0.429. The third-order valence-electron chi connectivity index (χ3n) is 2.62. The number of anilines is 1. The third-order valence-corrected chi connectivity index (χ3v) is 2.62. The van der Waals surface area contributed by atoms with E-state index in [0.29, 0.717) is 16.8 Å². The molecule has 7 heteroatoms. The lowest BCUT2D eigenvalue weighted by molar-refractivity contribution is 0.0827. The molecule has 0 aromatic heterocycles. The lowest BCUT2D eigenvalue weighted by Crippen LogP contribution is -2.23. The molecule has 20 heavy (non-hydrogen) atoms. The van der Waals surface area contributed by atoms with Gasteiger partial charge in [0.25, 0.3) is 5.91 Å². The second-order valence-electron chi connectivity index (χ2n) is 4.28. The highest BCUT2D eigenvalue weighted by atomic mass is 16.2. The number of nitrogens with zero attached hydrogens (tertiary/aromatic N) is 3. The predicted octanol–water partition coefficient (Wildman–Crippen LogP) is 0.924. The van der Waals surface area contributed by atoms with E-state index >= 15 is 0 Å². The lowest BCUT2D eigenvalue weighted by atomic mass is 10.1. The Bertz CT molecular complexity index is 612. The molecule has 4 N–H and O–H groups in total. The van der Waals surface area contributed by atoms with E-state index in [9.17, 15) is 4.79 Å². The number of carbonyl (C=O) groups is 1. The monoisotopic (exact) mass is 272 g/mol. The Hall–Kier alpha value is -2.88. The fourth-order valence-corrected chi connectivity index (χ4v) is 1.49.